The summed E-state index contributed by atoms with van der Waals surface area (Å²) in [6.45, 7) is 4.25. The monoisotopic (exact) mass is 315 g/mol. The second-order valence-corrected chi connectivity index (χ2v) is 7.73. The summed E-state index contributed by atoms with van der Waals surface area (Å²) in [6.07, 6.45) is 3.59. The molecule has 1 atom stereocenters. The first-order valence-electron chi connectivity index (χ1n) is 7.34. The molecule has 2 heterocycles. The van der Waals surface area contributed by atoms with Crippen molar-refractivity contribution in [1.82, 2.24) is 13.9 Å². The highest BCUT2D eigenvalue weighted by molar-refractivity contribution is 7.86. The van der Waals surface area contributed by atoms with Crippen molar-refractivity contribution in [3.8, 4) is 0 Å². The molecule has 1 aromatic rings. The number of nitrogens with one attached hydrogen (secondary N) is 1. The van der Waals surface area contributed by atoms with Gasteiger partial charge < -0.3 is 9.73 Å². The van der Waals surface area contributed by atoms with Crippen LogP contribution in [0.1, 0.15) is 24.2 Å². The second kappa shape index (κ2) is 6.91. The van der Waals surface area contributed by atoms with E-state index in [0.717, 1.165) is 30.7 Å². The molecule has 1 saturated heterocycles. The van der Waals surface area contributed by atoms with Crippen molar-refractivity contribution in [3.63, 3.8) is 0 Å². The Balaban J connectivity index is 2.04. The first-order valence-corrected chi connectivity index (χ1v) is 8.74. The molecule has 0 bridgehead atoms. The topological polar surface area (TPSA) is 65.8 Å². The van der Waals surface area contributed by atoms with Crippen LogP contribution in [0.4, 0.5) is 0 Å². The SMILES string of the molecule is CNCC1CCCN(S(=O)(=O)N(C)Cc2ccoc2C)C1. The molecule has 0 radical (unpaired) electrons. The first kappa shape index (κ1) is 16.5. The highest BCUT2D eigenvalue weighted by Gasteiger charge is 2.31. The van der Waals surface area contributed by atoms with Crippen LogP contribution in [0.5, 0.6) is 0 Å². The van der Waals surface area contributed by atoms with E-state index in [1.807, 2.05) is 20.0 Å². The van der Waals surface area contributed by atoms with Crippen LogP contribution in [0.25, 0.3) is 0 Å². The minimum atomic E-state index is -3.41. The van der Waals surface area contributed by atoms with Crippen LogP contribution in [0.15, 0.2) is 16.7 Å². The maximum absolute atomic E-state index is 12.7. The lowest BCUT2D eigenvalue weighted by Gasteiger charge is -2.34. The zero-order valence-corrected chi connectivity index (χ0v) is 13.8. The lowest BCUT2D eigenvalue weighted by molar-refractivity contribution is 0.248. The van der Waals surface area contributed by atoms with Gasteiger partial charge >= 0.3 is 0 Å². The summed E-state index contributed by atoms with van der Waals surface area (Å²) >= 11 is 0. The number of aryl methyl sites for hydroxylation is 1. The van der Waals surface area contributed by atoms with Crippen LogP contribution >= 0.6 is 0 Å². The molecule has 0 spiro atoms. The third-order valence-electron chi connectivity index (χ3n) is 4.05. The van der Waals surface area contributed by atoms with E-state index < -0.39 is 10.2 Å². The number of rotatable bonds is 6. The Labute approximate surface area is 127 Å². The average molecular weight is 315 g/mol. The van der Waals surface area contributed by atoms with Gasteiger partial charge in [0, 0.05) is 32.2 Å². The molecule has 120 valence electrons. The molecule has 0 saturated carbocycles. The van der Waals surface area contributed by atoms with Gasteiger partial charge in [-0.2, -0.15) is 17.0 Å². The van der Waals surface area contributed by atoms with E-state index in [4.69, 9.17) is 4.42 Å². The molecule has 0 aromatic carbocycles. The third kappa shape index (κ3) is 3.85. The molecule has 1 aliphatic heterocycles. The highest BCUT2D eigenvalue weighted by atomic mass is 32.2. The molecule has 21 heavy (non-hydrogen) atoms. The van der Waals surface area contributed by atoms with Gasteiger partial charge in [-0.05, 0) is 45.3 Å². The number of hydrogen-bond donors (Lipinski definition) is 1. The van der Waals surface area contributed by atoms with Crippen LogP contribution in [-0.2, 0) is 16.8 Å². The molecule has 1 fully saturated rings. The van der Waals surface area contributed by atoms with Gasteiger partial charge in [0.1, 0.15) is 5.76 Å². The van der Waals surface area contributed by atoms with Gasteiger partial charge in [-0.15, -0.1) is 0 Å². The predicted molar refractivity (Wildman–Crippen MR) is 82.1 cm³/mol. The van der Waals surface area contributed by atoms with Gasteiger partial charge in [-0.25, -0.2) is 0 Å². The zero-order chi connectivity index (χ0) is 15.5. The Morgan fingerprint density at radius 3 is 2.90 bits per heavy atom. The van der Waals surface area contributed by atoms with Gasteiger partial charge in [-0.3, -0.25) is 0 Å². The first-order chi connectivity index (χ1) is 9.95. The Hall–Kier alpha value is -0.890. The molecule has 0 aliphatic carbocycles. The van der Waals surface area contributed by atoms with Crippen molar-refractivity contribution in [1.29, 1.82) is 0 Å². The maximum atomic E-state index is 12.7. The molecule has 6 nitrogen and oxygen atoms in total. The van der Waals surface area contributed by atoms with Crippen molar-refractivity contribution in [3.05, 3.63) is 23.7 Å². The number of nitrogens with zero attached hydrogens (tertiary/aromatic N) is 2. The summed E-state index contributed by atoms with van der Waals surface area (Å²) in [7, 11) is 0.124. The fourth-order valence-electron chi connectivity index (χ4n) is 2.79. The predicted octanol–water partition coefficient (Wildman–Crippen LogP) is 1.20. The van der Waals surface area contributed by atoms with Crippen LogP contribution < -0.4 is 5.32 Å². The van der Waals surface area contributed by atoms with Gasteiger partial charge in [0.25, 0.3) is 10.2 Å². The van der Waals surface area contributed by atoms with E-state index in [2.05, 4.69) is 5.32 Å². The van der Waals surface area contributed by atoms with Crippen molar-refractivity contribution in [2.24, 2.45) is 5.92 Å². The van der Waals surface area contributed by atoms with E-state index in [9.17, 15) is 8.42 Å². The lowest BCUT2D eigenvalue weighted by Crippen LogP contribution is -2.47. The molecule has 0 amide bonds. The van der Waals surface area contributed by atoms with Crippen LogP contribution in [0.3, 0.4) is 0 Å². The van der Waals surface area contributed by atoms with E-state index in [0.29, 0.717) is 25.6 Å². The Kier molecular flexibility index (Phi) is 5.43. The van der Waals surface area contributed by atoms with Crippen LogP contribution in [-0.4, -0.2) is 50.8 Å². The van der Waals surface area contributed by atoms with Gasteiger partial charge in [0.05, 0.1) is 6.26 Å². The lowest BCUT2D eigenvalue weighted by atomic mass is 10.00. The Morgan fingerprint density at radius 2 is 2.29 bits per heavy atom. The fraction of sp³-hybridized carbons (Fsp3) is 0.714. The molecular formula is C14H25N3O3S. The van der Waals surface area contributed by atoms with E-state index >= 15 is 0 Å². The average Bonchev–Trinajstić information content (AvgIpc) is 2.85. The molecule has 1 N–H and O–H groups in total. The summed E-state index contributed by atoms with van der Waals surface area (Å²) in [6, 6.07) is 1.82. The van der Waals surface area contributed by atoms with Crippen LogP contribution in [0, 0.1) is 12.8 Å². The van der Waals surface area contributed by atoms with Gasteiger partial charge in [0.2, 0.25) is 0 Å². The molecule has 1 aromatic heterocycles. The van der Waals surface area contributed by atoms with E-state index in [-0.39, 0.29) is 0 Å². The summed E-state index contributed by atoms with van der Waals surface area (Å²) < 4.78 is 33.6. The molecule has 1 unspecified atom stereocenters. The summed E-state index contributed by atoms with van der Waals surface area (Å²) in [5, 5.41) is 3.13. The van der Waals surface area contributed by atoms with Crippen molar-refractivity contribution >= 4 is 10.2 Å². The molecule has 7 heteroatoms. The van der Waals surface area contributed by atoms with Crippen molar-refractivity contribution < 1.29 is 12.8 Å². The summed E-state index contributed by atoms with van der Waals surface area (Å²) in [5.41, 5.74) is 0.907. The highest BCUT2D eigenvalue weighted by Crippen LogP contribution is 2.22. The number of furan rings is 1. The Bertz CT molecular complexity index is 554. The summed E-state index contributed by atoms with van der Waals surface area (Å²) in [4.78, 5) is 0. The molecular weight excluding hydrogens is 290 g/mol. The largest absolute Gasteiger partial charge is 0.469 e. The maximum Gasteiger partial charge on any atom is 0.282 e. The Morgan fingerprint density at radius 1 is 1.52 bits per heavy atom. The number of hydrogen-bond acceptors (Lipinski definition) is 4. The second-order valence-electron chi connectivity index (χ2n) is 5.69. The van der Waals surface area contributed by atoms with Crippen molar-refractivity contribution in [2.45, 2.75) is 26.3 Å². The smallest absolute Gasteiger partial charge is 0.282 e. The van der Waals surface area contributed by atoms with Crippen molar-refractivity contribution in [2.75, 3.05) is 33.7 Å². The van der Waals surface area contributed by atoms with E-state index in [1.165, 1.54) is 4.31 Å². The van der Waals surface area contributed by atoms with Crippen LogP contribution in [0.2, 0.25) is 0 Å². The standard InChI is InChI=1S/C14H25N3O3S/c1-12-14(6-8-20-12)11-16(3)21(18,19)17-7-4-5-13(10-17)9-15-2/h6,8,13,15H,4-5,7,9-11H2,1-3H3. The minimum Gasteiger partial charge on any atom is -0.469 e. The fourth-order valence-corrected chi connectivity index (χ4v) is 4.24. The third-order valence-corrected chi connectivity index (χ3v) is 5.95. The minimum absolute atomic E-state index is 0.345. The molecule has 1 aliphatic rings. The van der Waals surface area contributed by atoms with Gasteiger partial charge in [0.15, 0.2) is 0 Å². The van der Waals surface area contributed by atoms with Gasteiger partial charge in [-0.1, -0.05) is 0 Å². The number of piperidine rings is 1. The molecule has 2 rings (SSSR count). The quantitative estimate of drug-likeness (QED) is 0.856. The van der Waals surface area contributed by atoms with E-state index in [1.54, 1.807) is 17.6 Å². The zero-order valence-electron chi connectivity index (χ0n) is 13.0. The summed E-state index contributed by atoms with van der Waals surface area (Å²) in [5.74, 6) is 1.16. The normalized spacial score (nSPS) is 21.0.